The largest absolute Gasteiger partial charge is 0.481 e. The molecule has 138 valence electrons. The minimum absolute atomic E-state index is 0.309. The third-order valence-corrected chi connectivity index (χ3v) is 4.09. The second kappa shape index (κ2) is 9.91. The number of hydrogen-bond donors (Lipinski definition) is 1. The van der Waals surface area contributed by atoms with Crippen molar-refractivity contribution in [3.63, 3.8) is 0 Å². The zero-order valence-electron chi connectivity index (χ0n) is 14.2. The minimum Gasteiger partial charge on any atom is -0.481 e. The first-order valence-corrected chi connectivity index (χ1v) is 8.84. The lowest BCUT2D eigenvalue weighted by Crippen LogP contribution is -2.37. The second-order valence-electron chi connectivity index (χ2n) is 5.52. The molecular formula is C19H19BrFNO4. The van der Waals surface area contributed by atoms with Gasteiger partial charge in [0.1, 0.15) is 11.6 Å². The van der Waals surface area contributed by atoms with Crippen molar-refractivity contribution >= 4 is 27.8 Å². The molecule has 26 heavy (non-hydrogen) atoms. The predicted molar refractivity (Wildman–Crippen MR) is 98.3 cm³/mol. The topological polar surface area (TPSA) is 64.6 Å². The lowest BCUT2D eigenvalue weighted by atomic mass is 10.1. The van der Waals surface area contributed by atoms with Crippen LogP contribution in [0, 0.1) is 5.82 Å². The molecule has 5 nitrogen and oxygen atoms in total. The highest BCUT2D eigenvalue weighted by Crippen LogP contribution is 2.25. The monoisotopic (exact) mass is 423 g/mol. The van der Waals surface area contributed by atoms with Gasteiger partial charge in [0.15, 0.2) is 12.7 Å². The summed E-state index contributed by atoms with van der Waals surface area (Å²) in [6.07, 6.45) is -0.242. The van der Waals surface area contributed by atoms with E-state index in [1.807, 2.05) is 30.3 Å². The Bertz CT molecular complexity index is 754. The van der Waals surface area contributed by atoms with E-state index in [0.717, 1.165) is 5.56 Å². The number of carbonyl (C=O) groups is 2. The van der Waals surface area contributed by atoms with Gasteiger partial charge >= 0.3 is 5.97 Å². The Morgan fingerprint density at radius 3 is 2.62 bits per heavy atom. The van der Waals surface area contributed by atoms with E-state index in [0.29, 0.717) is 23.2 Å². The van der Waals surface area contributed by atoms with Crippen LogP contribution in [0.25, 0.3) is 0 Å². The van der Waals surface area contributed by atoms with Crippen LogP contribution in [0.2, 0.25) is 0 Å². The van der Waals surface area contributed by atoms with E-state index in [4.69, 9.17) is 9.47 Å². The maximum atomic E-state index is 13.0. The van der Waals surface area contributed by atoms with Crippen molar-refractivity contribution < 1.29 is 23.5 Å². The summed E-state index contributed by atoms with van der Waals surface area (Å²) in [5, 5.41) is 2.72. The van der Waals surface area contributed by atoms with Crippen molar-refractivity contribution in [2.45, 2.75) is 19.4 Å². The highest BCUT2D eigenvalue weighted by molar-refractivity contribution is 9.10. The number of hydrogen-bond acceptors (Lipinski definition) is 4. The van der Waals surface area contributed by atoms with E-state index in [1.165, 1.54) is 25.1 Å². The van der Waals surface area contributed by atoms with E-state index in [9.17, 15) is 14.0 Å². The summed E-state index contributed by atoms with van der Waals surface area (Å²) in [7, 11) is 0. The molecule has 0 heterocycles. The smallest absolute Gasteiger partial charge is 0.344 e. The van der Waals surface area contributed by atoms with Gasteiger partial charge in [0, 0.05) is 6.54 Å². The molecule has 2 aromatic rings. The molecule has 0 saturated heterocycles. The van der Waals surface area contributed by atoms with Gasteiger partial charge in [0.05, 0.1) is 4.47 Å². The molecule has 0 aliphatic carbocycles. The van der Waals surface area contributed by atoms with E-state index in [-0.39, 0.29) is 12.5 Å². The van der Waals surface area contributed by atoms with Crippen LogP contribution in [-0.4, -0.2) is 31.1 Å². The molecule has 1 amide bonds. The molecule has 1 unspecified atom stereocenters. The number of rotatable bonds is 8. The van der Waals surface area contributed by atoms with Crippen molar-refractivity contribution in [3.8, 4) is 5.75 Å². The summed E-state index contributed by atoms with van der Waals surface area (Å²) >= 11 is 3.14. The Labute approximate surface area is 159 Å². The normalized spacial score (nSPS) is 11.5. The summed E-state index contributed by atoms with van der Waals surface area (Å²) in [5.41, 5.74) is 1.11. The minimum atomic E-state index is -0.932. The van der Waals surface area contributed by atoms with Gasteiger partial charge in [-0.3, -0.25) is 4.79 Å². The first-order chi connectivity index (χ1) is 12.5. The Kier molecular flexibility index (Phi) is 7.59. The first kappa shape index (κ1) is 19.9. The average molecular weight is 424 g/mol. The van der Waals surface area contributed by atoms with Crippen LogP contribution in [0.5, 0.6) is 5.75 Å². The Morgan fingerprint density at radius 1 is 1.19 bits per heavy atom. The van der Waals surface area contributed by atoms with Gasteiger partial charge in [-0.2, -0.15) is 0 Å². The Balaban J connectivity index is 1.71. The molecule has 0 saturated carbocycles. The lowest BCUT2D eigenvalue weighted by Gasteiger charge is -2.14. The number of nitrogens with one attached hydrogen (secondary N) is 1. The number of ether oxygens (including phenoxy) is 2. The fourth-order valence-corrected chi connectivity index (χ4v) is 2.60. The van der Waals surface area contributed by atoms with Gasteiger partial charge in [-0.25, -0.2) is 9.18 Å². The van der Waals surface area contributed by atoms with Gasteiger partial charge < -0.3 is 14.8 Å². The van der Waals surface area contributed by atoms with Crippen LogP contribution in [0.1, 0.15) is 12.5 Å². The standard InChI is InChI=1S/C19H19BrFNO4/c1-13(19(24)22-10-9-14-5-3-2-4-6-14)26-18(23)12-25-17-8-7-15(21)11-16(17)20/h2-8,11,13H,9-10,12H2,1H3,(H,22,24). The molecule has 0 spiro atoms. The molecule has 1 N–H and O–H groups in total. The van der Waals surface area contributed by atoms with Crippen LogP contribution in [0.3, 0.4) is 0 Å². The van der Waals surface area contributed by atoms with Gasteiger partial charge in [-0.15, -0.1) is 0 Å². The number of amides is 1. The van der Waals surface area contributed by atoms with E-state index in [2.05, 4.69) is 21.2 Å². The van der Waals surface area contributed by atoms with Crippen LogP contribution >= 0.6 is 15.9 Å². The van der Waals surface area contributed by atoms with Crippen molar-refractivity contribution in [1.29, 1.82) is 0 Å². The van der Waals surface area contributed by atoms with Crippen LogP contribution in [0.4, 0.5) is 4.39 Å². The molecule has 0 fully saturated rings. The fraction of sp³-hybridized carbons (Fsp3) is 0.263. The third kappa shape index (κ3) is 6.48. The molecule has 7 heteroatoms. The number of carbonyl (C=O) groups excluding carboxylic acids is 2. The third-order valence-electron chi connectivity index (χ3n) is 3.47. The molecule has 0 aliphatic heterocycles. The zero-order chi connectivity index (χ0) is 18.9. The van der Waals surface area contributed by atoms with Gasteiger partial charge in [0.2, 0.25) is 0 Å². The summed E-state index contributed by atoms with van der Waals surface area (Å²) in [6.45, 7) is 1.55. The first-order valence-electron chi connectivity index (χ1n) is 8.04. The summed E-state index contributed by atoms with van der Waals surface area (Å²) < 4.78 is 23.7. The molecule has 0 bridgehead atoms. The summed E-state index contributed by atoms with van der Waals surface area (Å²) in [5.74, 6) is -1.18. The molecule has 2 aromatic carbocycles. The van der Waals surface area contributed by atoms with Crippen molar-refractivity contribution in [2.24, 2.45) is 0 Å². The van der Waals surface area contributed by atoms with E-state index >= 15 is 0 Å². The molecule has 0 aromatic heterocycles. The number of benzene rings is 2. The van der Waals surface area contributed by atoms with Crippen molar-refractivity contribution in [2.75, 3.05) is 13.2 Å². The van der Waals surface area contributed by atoms with Crippen molar-refractivity contribution in [1.82, 2.24) is 5.32 Å². The summed E-state index contributed by atoms with van der Waals surface area (Å²) in [4.78, 5) is 23.7. The maximum Gasteiger partial charge on any atom is 0.344 e. The van der Waals surface area contributed by atoms with Gasteiger partial charge in [-0.1, -0.05) is 30.3 Å². The van der Waals surface area contributed by atoms with Crippen LogP contribution in [0.15, 0.2) is 53.0 Å². The fourth-order valence-electron chi connectivity index (χ4n) is 2.13. The average Bonchev–Trinajstić information content (AvgIpc) is 2.61. The predicted octanol–water partition coefficient (Wildman–Crippen LogP) is 3.26. The van der Waals surface area contributed by atoms with Crippen LogP contribution in [-0.2, 0) is 20.7 Å². The zero-order valence-corrected chi connectivity index (χ0v) is 15.8. The highest BCUT2D eigenvalue weighted by Gasteiger charge is 2.18. The SMILES string of the molecule is CC(OC(=O)COc1ccc(F)cc1Br)C(=O)NCCc1ccccc1. The quantitative estimate of drug-likeness (QED) is 0.661. The second-order valence-corrected chi connectivity index (χ2v) is 6.38. The van der Waals surface area contributed by atoms with Crippen molar-refractivity contribution in [3.05, 3.63) is 64.4 Å². The molecule has 1 atom stereocenters. The number of halogens is 2. The van der Waals surface area contributed by atoms with Gasteiger partial charge in [0.25, 0.3) is 5.91 Å². The van der Waals surface area contributed by atoms with Gasteiger partial charge in [-0.05, 0) is 53.0 Å². The Morgan fingerprint density at radius 2 is 1.92 bits per heavy atom. The molecule has 0 radical (unpaired) electrons. The van der Waals surface area contributed by atoms with E-state index in [1.54, 1.807) is 0 Å². The highest BCUT2D eigenvalue weighted by atomic mass is 79.9. The molecule has 2 rings (SSSR count). The van der Waals surface area contributed by atoms with E-state index < -0.39 is 17.9 Å². The maximum absolute atomic E-state index is 13.0. The Hall–Kier alpha value is -2.41. The lowest BCUT2D eigenvalue weighted by molar-refractivity contribution is -0.156. The molecular weight excluding hydrogens is 405 g/mol. The summed E-state index contributed by atoms with van der Waals surface area (Å²) in [6, 6.07) is 13.6. The number of esters is 1. The van der Waals surface area contributed by atoms with Crippen LogP contribution < -0.4 is 10.1 Å². The molecule has 0 aliphatic rings.